The Morgan fingerprint density at radius 1 is 1.42 bits per heavy atom. The summed E-state index contributed by atoms with van der Waals surface area (Å²) in [6.45, 7) is 6.25. The Hall–Kier alpha value is -0.670. The highest BCUT2D eigenvalue weighted by atomic mass is 35.5. The molecule has 106 valence electrons. The molecule has 1 heterocycles. The average molecular weight is 302 g/mol. The molecule has 1 aromatic heterocycles. The van der Waals surface area contributed by atoms with Crippen LogP contribution in [-0.2, 0) is 0 Å². The molecule has 0 bridgehead atoms. The minimum atomic E-state index is 0.579. The smallest absolute Gasteiger partial charge is 0.149 e. The summed E-state index contributed by atoms with van der Waals surface area (Å²) in [7, 11) is 2.04. The van der Waals surface area contributed by atoms with Crippen molar-refractivity contribution in [2.75, 3.05) is 30.4 Å². The topological polar surface area (TPSA) is 28.2 Å². The van der Waals surface area contributed by atoms with Crippen molar-refractivity contribution in [1.29, 1.82) is 0 Å². The van der Waals surface area contributed by atoms with E-state index < -0.39 is 0 Å². The minimum absolute atomic E-state index is 0.579. The molecule has 0 aromatic carbocycles. The molecule has 1 fully saturated rings. The Morgan fingerprint density at radius 2 is 2.11 bits per heavy atom. The van der Waals surface area contributed by atoms with Crippen molar-refractivity contribution < 1.29 is 0 Å². The van der Waals surface area contributed by atoms with Crippen LogP contribution in [0.25, 0.3) is 0 Å². The average Bonchev–Trinajstić information content (AvgIpc) is 3.03. The summed E-state index contributed by atoms with van der Waals surface area (Å²) in [5.74, 6) is 3.12. The van der Waals surface area contributed by atoms with Crippen molar-refractivity contribution in [2.24, 2.45) is 11.8 Å². The van der Waals surface area contributed by atoms with Crippen molar-refractivity contribution in [1.82, 2.24) is 4.98 Å². The van der Waals surface area contributed by atoms with Gasteiger partial charge in [-0.25, -0.2) is 4.98 Å². The summed E-state index contributed by atoms with van der Waals surface area (Å²) in [5.41, 5.74) is 0. The first-order valence-corrected chi connectivity index (χ1v) is 7.59. The molecule has 1 aromatic rings. The quantitative estimate of drug-likeness (QED) is 0.849. The maximum atomic E-state index is 6.25. The Morgan fingerprint density at radius 3 is 2.68 bits per heavy atom. The second-order valence-electron chi connectivity index (χ2n) is 5.40. The molecule has 2 rings (SSSR count). The Balaban J connectivity index is 2.13. The minimum Gasteiger partial charge on any atom is -0.369 e. The highest BCUT2D eigenvalue weighted by molar-refractivity contribution is 6.37. The molecule has 3 nitrogen and oxygen atoms in total. The molecular formula is C14H21Cl2N3. The number of anilines is 2. The first kappa shape index (κ1) is 14.7. The van der Waals surface area contributed by atoms with E-state index in [2.05, 4.69) is 29.0 Å². The van der Waals surface area contributed by atoms with Gasteiger partial charge in [0, 0.05) is 20.1 Å². The van der Waals surface area contributed by atoms with E-state index in [1.54, 1.807) is 6.07 Å². The van der Waals surface area contributed by atoms with E-state index in [9.17, 15) is 0 Å². The molecular weight excluding hydrogens is 281 g/mol. The van der Waals surface area contributed by atoms with Crippen LogP contribution in [0.4, 0.5) is 11.6 Å². The van der Waals surface area contributed by atoms with Gasteiger partial charge in [0.25, 0.3) is 0 Å². The summed E-state index contributed by atoms with van der Waals surface area (Å²) < 4.78 is 0. The second-order valence-corrected chi connectivity index (χ2v) is 6.22. The maximum absolute atomic E-state index is 6.25. The summed E-state index contributed by atoms with van der Waals surface area (Å²) >= 11 is 12.4. The van der Waals surface area contributed by atoms with Gasteiger partial charge in [0.2, 0.25) is 0 Å². The van der Waals surface area contributed by atoms with Gasteiger partial charge < -0.3 is 10.2 Å². The van der Waals surface area contributed by atoms with E-state index in [1.807, 2.05) is 7.05 Å². The fraction of sp³-hybridized carbons (Fsp3) is 0.643. The Kier molecular flexibility index (Phi) is 4.80. The van der Waals surface area contributed by atoms with Crippen LogP contribution in [0, 0.1) is 11.8 Å². The van der Waals surface area contributed by atoms with Crippen LogP contribution < -0.4 is 10.2 Å². The SMILES string of the molecule is CCCNc1nc(N(C)CC2CC2C)c(Cl)cc1Cl. The molecule has 2 atom stereocenters. The predicted octanol–water partition coefficient (Wildman–Crippen LogP) is 4.30. The first-order chi connectivity index (χ1) is 9.02. The van der Waals surface area contributed by atoms with E-state index >= 15 is 0 Å². The maximum Gasteiger partial charge on any atom is 0.149 e. The van der Waals surface area contributed by atoms with Crippen LogP contribution >= 0.6 is 23.2 Å². The van der Waals surface area contributed by atoms with Gasteiger partial charge in [-0.2, -0.15) is 0 Å². The van der Waals surface area contributed by atoms with Crippen LogP contribution in [0.3, 0.4) is 0 Å². The lowest BCUT2D eigenvalue weighted by atomic mass is 10.3. The first-order valence-electron chi connectivity index (χ1n) is 6.84. The molecule has 5 heteroatoms. The highest BCUT2D eigenvalue weighted by Crippen LogP contribution is 2.39. The number of nitrogens with zero attached hydrogens (tertiary/aromatic N) is 2. The number of hydrogen-bond donors (Lipinski definition) is 1. The van der Waals surface area contributed by atoms with Crippen LogP contribution in [0.1, 0.15) is 26.7 Å². The van der Waals surface area contributed by atoms with Crippen LogP contribution in [0.2, 0.25) is 10.0 Å². The van der Waals surface area contributed by atoms with E-state index in [-0.39, 0.29) is 0 Å². The standard InChI is InChI=1S/C14H21Cl2N3/c1-4-5-17-13-11(15)7-12(16)14(18-13)19(3)8-10-6-9(10)2/h7,9-10H,4-6,8H2,1-3H3,(H,17,18). The normalized spacial score (nSPS) is 21.3. The number of halogens is 2. The predicted molar refractivity (Wildman–Crippen MR) is 83.6 cm³/mol. The third-order valence-electron chi connectivity index (χ3n) is 3.60. The van der Waals surface area contributed by atoms with Crippen LogP contribution in [0.5, 0.6) is 0 Å². The van der Waals surface area contributed by atoms with Gasteiger partial charge in [-0.3, -0.25) is 0 Å². The van der Waals surface area contributed by atoms with E-state index in [0.29, 0.717) is 10.0 Å². The molecule has 0 radical (unpaired) electrons. The van der Waals surface area contributed by atoms with Gasteiger partial charge in [0.1, 0.15) is 11.6 Å². The van der Waals surface area contributed by atoms with Crippen molar-refractivity contribution in [3.05, 3.63) is 16.1 Å². The van der Waals surface area contributed by atoms with Crippen molar-refractivity contribution in [2.45, 2.75) is 26.7 Å². The molecule has 0 aliphatic heterocycles. The fourth-order valence-electron chi connectivity index (χ4n) is 2.18. The lowest BCUT2D eigenvalue weighted by Gasteiger charge is -2.21. The zero-order valence-corrected chi connectivity index (χ0v) is 13.2. The molecule has 1 aliphatic carbocycles. The summed E-state index contributed by atoms with van der Waals surface area (Å²) in [4.78, 5) is 6.69. The van der Waals surface area contributed by atoms with E-state index in [1.165, 1.54) is 6.42 Å². The molecule has 0 spiro atoms. The zero-order valence-electron chi connectivity index (χ0n) is 11.7. The van der Waals surface area contributed by atoms with Gasteiger partial charge >= 0.3 is 0 Å². The fourth-order valence-corrected chi connectivity index (χ4v) is 2.75. The molecule has 19 heavy (non-hydrogen) atoms. The van der Waals surface area contributed by atoms with Gasteiger partial charge in [0.15, 0.2) is 0 Å². The number of aromatic nitrogens is 1. The van der Waals surface area contributed by atoms with Gasteiger partial charge in [-0.15, -0.1) is 0 Å². The lowest BCUT2D eigenvalue weighted by molar-refractivity contribution is 0.720. The molecule has 0 amide bonds. The molecule has 1 saturated carbocycles. The van der Waals surface area contributed by atoms with Crippen molar-refractivity contribution >= 4 is 34.8 Å². The highest BCUT2D eigenvalue weighted by Gasteiger charge is 2.33. The van der Waals surface area contributed by atoms with E-state index in [0.717, 1.165) is 43.0 Å². The summed E-state index contributed by atoms with van der Waals surface area (Å²) in [5, 5.41) is 4.43. The van der Waals surface area contributed by atoms with Crippen molar-refractivity contribution in [3.63, 3.8) is 0 Å². The largest absolute Gasteiger partial charge is 0.369 e. The molecule has 1 N–H and O–H groups in total. The zero-order chi connectivity index (χ0) is 14.0. The Bertz CT molecular complexity index is 451. The number of rotatable bonds is 6. The third kappa shape index (κ3) is 3.67. The number of nitrogens with one attached hydrogen (secondary N) is 1. The molecule has 2 unspecified atom stereocenters. The molecule has 1 aliphatic rings. The summed E-state index contributed by atoms with van der Waals surface area (Å²) in [6.07, 6.45) is 2.34. The monoisotopic (exact) mass is 301 g/mol. The summed E-state index contributed by atoms with van der Waals surface area (Å²) in [6, 6.07) is 1.77. The Labute approximate surface area is 125 Å². The van der Waals surface area contributed by atoms with Gasteiger partial charge in [-0.1, -0.05) is 37.0 Å². The van der Waals surface area contributed by atoms with E-state index in [4.69, 9.17) is 23.2 Å². The van der Waals surface area contributed by atoms with Crippen LogP contribution in [0.15, 0.2) is 6.07 Å². The van der Waals surface area contributed by atoms with Crippen LogP contribution in [-0.4, -0.2) is 25.1 Å². The number of hydrogen-bond acceptors (Lipinski definition) is 3. The molecule has 0 saturated heterocycles. The number of pyridine rings is 1. The second kappa shape index (κ2) is 6.19. The third-order valence-corrected chi connectivity index (χ3v) is 4.17. The lowest BCUT2D eigenvalue weighted by Crippen LogP contribution is -2.22. The van der Waals surface area contributed by atoms with Gasteiger partial charge in [-0.05, 0) is 30.7 Å². The van der Waals surface area contributed by atoms with Gasteiger partial charge in [0.05, 0.1) is 10.0 Å². The van der Waals surface area contributed by atoms with Crippen molar-refractivity contribution in [3.8, 4) is 0 Å².